The zero-order chi connectivity index (χ0) is 10.2. The Bertz CT molecular complexity index is 370. The van der Waals surface area contributed by atoms with Crippen molar-refractivity contribution in [3.05, 3.63) is 29.1 Å². The van der Waals surface area contributed by atoms with Crippen LogP contribution in [0.5, 0.6) is 0 Å². The monoisotopic (exact) mass is 191 g/mol. The van der Waals surface area contributed by atoms with Gasteiger partial charge in [0, 0.05) is 18.9 Å². The number of hydrogen-bond acceptors (Lipinski definition) is 3. The van der Waals surface area contributed by atoms with Crippen LogP contribution in [0.3, 0.4) is 0 Å². The van der Waals surface area contributed by atoms with E-state index in [1.165, 1.54) is 0 Å². The molecule has 3 nitrogen and oxygen atoms in total. The topological polar surface area (TPSA) is 39.2 Å². The zero-order valence-electron chi connectivity index (χ0n) is 8.41. The quantitative estimate of drug-likeness (QED) is 0.684. The largest absolute Gasteiger partial charge is 0.372 e. The van der Waals surface area contributed by atoms with Crippen LogP contribution in [-0.4, -0.2) is 18.4 Å². The number of rotatable bonds is 3. The average molecular weight is 191 g/mol. The summed E-state index contributed by atoms with van der Waals surface area (Å²) < 4.78 is 5.41. The first kappa shape index (κ1) is 9.34. The van der Waals surface area contributed by atoms with Gasteiger partial charge in [-0.15, -0.1) is 0 Å². The van der Waals surface area contributed by atoms with E-state index >= 15 is 0 Å². The van der Waals surface area contributed by atoms with Gasteiger partial charge in [0.15, 0.2) is 6.29 Å². The predicted molar refractivity (Wildman–Crippen MR) is 52.3 cm³/mol. The first-order chi connectivity index (χ1) is 6.73. The minimum absolute atomic E-state index is 0.276. The van der Waals surface area contributed by atoms with Gasteiger partial charge >= 0.3 is 0 Å². The van der Waals surface area contributed by atoms with Crippen LogP contribution in [0.1, 0.15) is 34.5 Å². The molecule has 1 aliphatic carbocycles. The highest BCUT2D eigenvalue weighted by molar-refractivity contribution is 5.79. The predicted octanol–water partition coefficient (Wildman–Crippen LogP) is 1.84. The summed E-state index contributed by atoms with van der Waals surface area (Å²) >= 11 is 0. The Hall–Kier alpha value is -1.22. The summed E-state index contributed by atoms with van der Waals surface area (Å²) in [6.45, 7) is 1.92. The molecule has 1 aliphatic rings. The number of ether oxygens (including phenoxy) is 1. The van der Waals surface area contributed by atoms with Gasteiger partial charge in [-0.25, -0.2) is 0 Å². The van der Waals surface area contributed by atoms with Gasteiger partial charge in [-0.1, -0.05) is 0 Å². The Morgan fingerprint density at radius 1 is 1.57 bits per heavy atom. The zero-order valence-corrected chi connectivity index (χ0v) is 8.41. The lowest BCUT2D eigenvalue weighted by Gasteiger charge is -2.15. The molecule has 74 valence electrons. The molecule has 0 aromatic carbocycles. The second-order valence-corrected chi connectivity index (χ2v) is 3.71. The van der Waals surface area contributed by atoms with E-state index < -0.39 is 0 Å². The molecule has 1 heterocycles. The molecule has 0 atom stereocenters. The van der Waals surface area contributed by atoms with Crippen molar-refractivity contribution in [3.63, 3.8) is 0 Å². The Morgan fingerprint density at radius 3 is 2.79 bits per heavy atom. The minimum atomic E-state index is -0.276. The third kappa shape index (κ3) is 1.24. The molecule has 0 saturated heterocycles. The van der Waals surface area contributed by atoms with E-state index in [2.05, 4.69) is 4.98 Å². The number of carbonyl (C=O) groups excluding carboxylic acids is 1. The number of aryl methyl sites for hydroxylation is 1. The lowest BCUT2D eigenvalue weighted by Crippen LogP contribution is -2.15. The van der Waals surface area contributed by atoms with Crippen LogP contribution in [0.2, 0.25) is 0 Å². The number of aldehydes is 1. The van der Waals surface area contributed by atoms with Gasteiger partial charge in [-0.3, -0.25) is 9.78 Å². The number of hydrogen-bond donors (Lipinski definition) is 0. The second kappa shape index (κ2) is 3.17. The SMILES string of the molecule is COC1(c2nccc(C)c2C=O)CC1. The van der Waals surface area contributed by atoms with E-state index in [4.69, 9.17) is 4.74 Å². The van der Waals surface area contributed by atoms with Crippen molar-refractivity contribution in [2.24, 2.45) is 0 Å². The van der Waals surface area contributed by atoms with Crippen molar-refractivity contribution in [2.75, 3.05) is 7.11 Å². The van der Waals surface area contributed by atoms with Crippen LogP contribution in [0, 0.1) is 6.92 Å². The highest BCUT2D eigenvalue weighted by Gasteiger charge is 2.47. The molecule has 0 amide bonds. The van der Waals surface area contributed by atoms with Crippen LogP contribution in [-0.2, 0) is 10.3 Å². The maximum absolute atomic E-state index is 10.9. The molecule has 14 heavy (non-hydrogen) atoms. The molecule has 3 heteroatoms. The van der Waals surface area contributed by atoms with E-state index in [1.807, 2.05) is 13.0 Å². The highest BCUT2D eigenvalue weighted by atomic mass is 16.5. The molecule has 0 N–H and O–H groups in total. The van der Waals surface area contributed by atoms with Gasteiger partial charge in [0.2, 0.25) is 0 Å². The van der Waals surface area contributed by atoms with Gasteiger partial charge in [-0.2, -0.15) is 0 Å². The Balaban J connectivity index is 2.52. The Morgan fingerprint density at radius 2 is 2.29 bits per heavy atom. The molecule has 1 fully saturated rings. The number of methoxy groups -OCH3 is 1. The molecule has 0 unspecified atom stereocenters. The van der Waals surface area contributed by atoms with E-state index in [0.717, 1.165) is 30.4 Å². The lowest BCUT2D eigenvalue weighted by molar-refractivity contribution is 0.0737. The molecule has 0 spiro atoms. The fraction of sp³-hybridized carbons (Fsp3) is 0.455. The van der Waals surface area contributed by atoms with Crippen molar-refractivity contribution < 1.29 is 9.53 Å². The van der Waals surface area contributed by atoms with Gasteiger partial charge in [0.1, 0.15) is 5.60 Å². The summed E-state index contributed by atoms with van der Waals surface area (Å²) in [6.07, 6.45) is 4.52. The Kier molecular flexibility index (Phi) is 2.11. The van der Waals surface area contributed by atoms with E-state index in [9.17, 15) is 4.79 Å². The molecule has 0 bridgehead atoms. The maximum Gasteiger partial charge on any atom is 0.152 e. The third-order valence-electron chi connectivity index (χ3n) is 2.85. The smallest absolute Gasteiger partial charge is 0.152 e. The van der Waals surface area contributed by atoms with Crippen molar-refractivity contribution in [1.29, 1.82) is 0 Å². The summed E-state index contributed by atoms with van der Waals surface area (Å²) in [5.41, 5.74) is 2.18. The molecule has 1 aromatic rings. The number of carbonyl (C=O) groups is 1. The van der Waals surface area contributed by atoms with Crippen molar-refractivity contribution in [1.82, 2.24) is 4.98 Å². The third-order valence-corrected chi connectivity index (χ3v) is 2.85. The molecular weight excluding hydrogens is 178 g/mol. The fourth-order valence-electron chi connectivity index (χ4n) is 1.73. The van der Waals surface area contributed by atoms with Gasteiger partial charge in [0.25, 0.3) is 0 Å². The molecular formula is C11H13NO2. The molecule has 2 rings (SSSR count). The van der Waals surface area contributed by atoms with Crippen LogP contribution in [0.15, 0.2) is 12.3 Å². The van der Waals surface area contributed by atoms with Gasteiger partial charge in [0.05, 0.1) is 5.69 Å². The molecule has 1 saturated carbocycles. The average Bonchev–Trinajstić information content (AvgIpc) is 2.98. The van der Waals surface area contributed by atoms with Crippen molar-refractivity contribution in [2.45, 2.75) is 25.4 Å². The highest BCUT2D eigenvalue weighted by Crippen LogP contribution is 2.48. The Labute approximate surface area is 83.1 Å². The minimum Gasteiger partial charge on any atom is -0.372 e. The summed E-state index contributed by atoms with van der Waals surface area (Å²) in [6, 6.07) is 1.85. The normalized spacial score (nSPS) is 17.9. The number of aromatic nitrogens is 1. The lowest BCUT2D eigenvalue weighted by atomic mass is 10.0. The van der Waals surface area contributed by atoms with Crippen LogP contribution < -0.4 is 0 Å². The van der Waals surface area contributed by atoms with E-state index in [0.29, 0.717) is 5.56 Å². The van der Waals surface area contributed by atoms with Crippen LogP contribution in [0.25, 0.3) is 0 Å². The standard InChI is InChI=1S/C11H13NO2/c1-8-3-6-12-10(9(8)7-13)11(14-2)4-5-11/h3,6-7H,4-5H2,1-2H3. The van der Waals surface area contributed by atoms with Gasteiger partial charge < -0.3 is 4.74 Å². The van der Waals surface area contributed by atoms with Crippen molar-refractivity contribution in [3.8, 4) is 0 Å². The molecule has 1 aromatic heterocycles. The molecule has 0 aliphatic heterocycles. The first-order valence-electron chi connectivity index (χ1n) is 4.70. The first-order valence-corrected chi connectivity index (χ1v) is 4.70. The van der Waals surface area contributed by atoms with Crippen LogP contribution >= 0.6 is 0 Å². The number of pyridine rings is 1. The maximum atomic E-state index is 10.9. The van der Waals surface area contributed by atoms with E-state index in [1.54, 1.807) is 13.3 Å². The van der Waals surface area contributed by atoms with Crippen molar-refractivity contribution >= 4 is 6.29 Å². The van der Waals surface area contributed by atoms with E-state index in [-0.39, 0.29) is 5.60 Å². The fourth-order valence-corrected chi connectivity index (χ4v) is 1.73. The second-order valence-electron chi connectivity index (χ2n) is 3.71. The molecule has 0 radical (unpaired) electrons. The van der Waals surface area contributed by atoms with Crippen LogP contribution in [0.4, 0.5) is 0 Å². The van der Waals surface area contributed by atoms with Gasteiger partial charge in [-0.05, 0) is 31.4 Å². The number of nitrogens with zero attached hydrogens (tertiary/aromatic N) is 1. The summed E-state index contributed by atoms with van der Waals surface area (Å²) in [5.74, 6) is 0. The summed E-state index contributed by atoms with van der Waals surface area (Å²) in [7, 11) is 1.67. The summed E-state index contributed by atoms with van der Waals surface area (Å²) in [4.78, 5) is 15.2. The summed E-state index contributed by atoms with van der Waals surface area (Å²) in [5, 5.41) is 0.